The van der Waals surface area contributed by atoms with Crippen molar-refractivity contribution < 1.29 is 28.6 Å². The molecule has 0 saturated heterocycles. The zero-order chi connectivity index (χ0) is 56.4. The van der Waals surface area contributed by atoms with Crippen LogP contribution in [0.5, 0.6) is 0 Å². The van der Waals surface area contributed by atoms with Crippen molar-refractivity contribution in [3.63, 3.8) is 0 Å². The van der Waals surface area contributed by atoms with E-state index in [1.807, 2.05) is 0 Å². The van der Waals surface area contributed by atoms with E-state index in [4.69, 9.17) is 14.2 Å². The van der Waals surface area contributed by atoms with Gasteiger partial charge in [-0.25, -0.2) is 0 Å². The third-order valence-electron chi connectivity index (χ3n) is 15.6. The molecule has 0 amide bonds. The van der Waals surface area contributed by atoms with Crippen LogP contribution >= 0.6 is 0 Å². The van der Waals surface area contributed by atoms with Gasteiger partial charge < -0.3 is 14.2 Å². The highest BCUT2D eigenvalue weighted by Gasteiger charge is 2.19. The average Bonchev–Trinajstić information content (AvgIpc) is 3.44. The van der Waals surface area contributed by atoms with Gasteiger partial charge in [-0.15, -0.1) is 0 Å². The van der Waals surface area contributed by atoms with E-state index < -0.39 is 6.10 Å². The van der Waals surface area contributed by atoms with Gasteiger partial charge in [0.2, 0.25) is 0 Å². The van der Waals surface area contributed by atoms with Crippen LogP contribution < -0.4 is 0 Å². The Bertz CT molecular complexity index is 1350. The molecule has 0 aromatic heterocycles. The molecule has 6 nitrogen and oxygen atoms in total. The monoisotopic (exact) mass is 1090 g/mol. The fourth-order valence-corrected chi connectivity index (χ4v) is 10.4. The Hall–Kier alpha value is -2.63. The Morgan fingerprint density at radius 3 is 0.782 bits per heavy atom. The van der Waals surface area contributed by atoms with Crippen molar-refractivity contribution in [3.8, 4) is 0 Å². The third-order valence-corrected chi connectivity index (χ3v) is 15.6. The molecule has 0 bridgehead atoms. The van der Waals surface area contributed by atoms with Gasteiger partial charge in [0.25, 0.3) is 0 Å². The Balaban J connectivity index is 4.13. The van der Waals surface area contributed by atoms with Crippen LogP contribution in [0.3, 0.4) is 0 Å². The summed E-state index contributed by atoms with van der Waals surface area (Å²) in [7, 11) is 0. The SMILES string of the molecule is CC/C=C\C/C=C\C/C=C\C/C=C\CCCCCCCCCCCCCCCCCCCCC(=O)OCC(COC(=O)CCCCCCCCCCCCCCC)OC(=O)CCCCCCCCCCCCCCCCCC. The molecule has 0 aromatic rings. The van der Waals surface area contributed by atoms with E-state index in [0.717, 1.165) is 83.5 Å². The lowest BCUT2D eigenvalue weighted by Crippen LogP contribution is -2.30. The molecular formula is C72H132O6. The molecule has 0 N–H and O–H groups in total. The number of esters is 3. The maximum Gasteiger partial charge on any atom is 0.306 e. The number of hydrogen-bond acceptors (Lipinski definition) is 6. The number of hydrogen-bond donors (Lipinski definition) is 0. The molecule has 0 saturated carbocycles. The highest BCUT2D eigenvalue weighted by molar-refractivity contribution is 5.71. The summed E-state index contributed by atoms with van der Waals surface area (Å²) < 4.78 is 17.0. The Morgan fingerprint density at radius 2 is 0.500 bits per heavy atom. The summed E-state index contributed by atoms with van der Waals surface area (Å²) in [6, 6.07) is 0. The first-order chi connectivity index (χ1) is 38.5. The summed E-state index contributed by atoms with van der Waals surface area (Å²) in [5, 5.41) is 0. The predicted octanol–water partition coefficient (Wildman–Crippen LogP) is 23.7. The molecule has 0 aromatic carbocycles. The second-order valence-electron chi connectivity index (χ2n) is 23.4. The van der Waals surface area contributed by atoms with Crippen LogP contribution in [0.2, 0.25) is 0 Å². The maximum atomic E-state index is 12.9. The molecule has 0 aliphatic carbocycles. The van der Waals surface area contributed by atoms with E-state index in [1.165, 1.54) is 250 Å². The van der Waals surface area contributed by atoms with Crippen molar-refractivity contribution in [1.29, 1.82) is 0 Å². The second kappa shape index (κ2) is 66.9. The lowest BCUT2D eigenvalue weighted by Gasteiger charge is -2.18. The van der Waals surface area contributed by atoms with Crippen LogP contribution in [-0.4, -0.2) is 37.2 Å². The molecule has 78 heavy (non-hydrogen) atoms. The Labute approximate surface area is 486 Å². The number of allylic oxidation sites excluding steroid dienone is 8. The predicted molar refractivity (Wildman–Crippen MR) is 339 cm³/mol. The van der Waals surface area contributed by atoms with E-state index in [1.54, 1.807) is 0 Å². The Morgan fingerprint density at radius 1 is 0.269 bits per heavy atom. The molecule has 6 heteroatoms. The molecule has 1 unspecified atom stereocenters. The summed E-state index contributed by atoms with van der Waals surface area (Å²) >= 11 is 0. The fraction of sp³-hybridized carbons (Fsp3) is 0.847. The quantitative estimate of drug-likeness (QED) is 0.0261. The molecule has 0 fully saturated rings. The zero-order valence-corrected chi connectivity index (χ0v) is 52.5. The van der Waals surface area contributed by atoms with Gasteiger partial charge in [-0.05, 0) is 57.8 Å². The van der Waals surface area contributed by atoms with Crippen LogP contribution in [0.4, 0.5) is 0 Å². The third kappa shape index (κ3) is 64.2. The van der Waals surface area contributed by atoms with Gasteiger partial charge in [0.15, 0.2) is 6.10 Å². The zero-order valence-electron chi connectivity index (χ0n) is 52.5. The standard InChI is InChI=1S/C72H132O6/c1-4-7-10-13-16-19-22-25-27-29-30-31-32-33-34-35-36-37-38-39-40-41-42-43-45-47-50-53-56-59-62-65-71(74)77-68-69(67-76-70(73)64-61-58-55-52-49-46-24-21-18-15-12-9-6-3)78-72(75)66-63-60-57-54-51-48-44-28-26-23-20-17-14-11-8-5-2/h7,10,16,19,25,27,30-31,69H,4-6,8-9,11-15,17-18,20-24,26,28-29,32-68H2,1-3H3/b10-7-,19-16-,27-25-,31-30-. The van der Waals surface area contributed by atoms with Gasteiger partial charge in [0.1, 0.15) is 13.2 Å². The van der Waals surface area contributed by atoms with Gasteiger partial charge in [-0.2, -0.15) is 0 Å². The molecular weight excluding hydrogens is 961 g/mol. The van der Waals surface area contributed by atoms with Crippen LogP contribution in [0.1, 0.15) is 374 Å². The van der Waals surface area contributed by atoms with Crippen molar-refractivity contribution in [2.75, 3.05) is 13.2 Å². The van der Waals surface area contributed by atoms with Crippen molar-refractivity contribution >= 4 is 17.9 Å². The molecule has 0 aliphatic heterocycles. The first-order valence-electron chi connectivity index (χ1n) is 34.6. The molecule has 1 atom stereocenters. The normalized spacial score (nSPS) is 12.3. The van der Waals surface area contributed by atoms with Gasteiger partial charge >= 0.3 is 17.9 Å². The van der Waals surface area contributed by atoms with Crippen molar-refractivity contribution in [2.45, 2.75) is 380 Å². The van der Waals surface area contributed by atoms with Gasteiger partial charge in [-0.1, -0.05) is 345 Å². The molecule has 456 valence electrons. The Kier molecular flexibility index (Phi) is 64.6. The van der Waals surface area contributed by atoms with Crippen molar-refractivity contribution in [3.05, 3.63) is 48.6 Å². The van der Waals surface area contributed by atoms with Crippen LogP contribution in [-0.2, 0) is 28.6 Å². The van der Waals surface area contributed by atoms with Gasteiger partial charge in [0, 0.05) is 19.3 Å². The van der Waals surface area contributed by atoms with Crippen LogP contribution in [0, 0.1) is 0 Å². The largest absolute Gasteiger partial charge is 0.462 e. The van der Waals surface area contributed by atoms with Gasteiger partial charge in [-0.3, -0.25) is 14.4 Å². The first-order valence-corrected chi connectivity index (χ1v) is 34.6. The average molecular weight is 1090 g/mol. The molecule has 0 aliphatic rings. The number of carbonyl (C=O) groups is 3. The van der Waals surface area contributed by atoms with Gasteiger partial charge in [0.05, 0.1) is 0 Å². The van der Waals surface area contributed by atoms with E-state index >= 15 is 0 Å². The van der Waals surface area contributed by atoms with E-state index in [2.05, 4.69) is 69.4 Å². The van der Waals surface area contributed by atoms with E-state index in [9.17, 15) is 14.4 Å². The topological polar surface area (TPSA) is 78.9 Å². The summed E-state index contributed by atoms with van der Waals surface area (Å²) in [5.74, 6) is -0.836. The molecule has 0 rings (SSSR count). The van der Waals surface area contributed by atoms with E-state index in [0.29, 0.717) is 19.3 Å². The molecule has 0 radical (unpaired) electrons. The minimum Gasteiger partial charge on any atom is -0.462 e. The lowest BCUT2D eigenvalue weighted by molar-refractivity contribution is -0.167. The second-order valence-corrected chi connectivity index (χ2v) is 23.4. The van der Waals surface area contributed by atoms with E-state index in [-0.39, 0.29) is 31.1 Å². The summed E-state index contributed by atoms with van der Waals surface area (Å²) in [6.45, 7) is 6.59. The molecule has 0 heterocycles. The fourth-order valence-electron chi connectivity index (χ4n) is 10.4. The van der Waals surface area contributed by atoms with Crippen LogP contribution in [0.15, 0.2) is 48.6 Å². The maximum absolute atomic E-state index is 12.9. The minimum absolute atomic E-state index is 0.0649. The number of ether oxygens (including phenoxy) is 3. The number of unbranched alkanes of at least 4 members (excludes halogenated alkanes) is 45. The highest BCUT2D eigenvalue weighted by atomic mass is 16.6. The summed E-state index contributed by atoms with van der Waals surface area (Å²) in [4.78, 5) is 38.3. The highest BCUT2D eigenvalue weighted by Crippen LogP contribution is 2.18. The minimum atomic E-state index is -0.767. The van der Waals surface area contributed by atoms with Crippen molar-refractivity contribution in [2.24, 2.45) is 0 Å². The summed E-state index contributed by atoms with van der Waals surface area (Å²) in [6.07, 6.45) is 84.3. The lowest BCUT2D eigenvalue weighted by atomic mass is 10.0. The number of carbonyl (C=O) groups excluding carboxylic acids is 3. The number of rotatable bonds is 64. The smallest absolute Gasteiger partial charge is 0.306 e. The summed E-state index contributed by atoms with van der Waals surface area (Å²) in [5.41, 5.74) is 0. The van der Waals surface area contributed by atoms with Crippen molar-refractivity contribution in [1.82, 2.24) is 0 Å². The van der Waals surface area contributed by atoms with Crippen LogP contribution in [0.25, 0.3) is 0 Å². The molecule has 0 spiro atoms. The first kappa shape index (κ1) is 75.4.